The summed E-state index contributed by atoms with van der Waals surface area (Å²) in [6.07, 6.45) is 2.65. The minimum atomic E-state index is -3.63. The number of hydrogen-bond acceptors (Lipinski definition) is 4. The summed E-state index contributed by atoms with van der Waals surface area (Å²) in [5, 5.41) is 2.84. The highest BCUT2D eigenvalue weighted by molar-refractivity contribution is 7.98. The Hall–Kier alpha value is -0.630. The molecular formula is C14H23FN2O2S2. The van der Waals surface area contributed by atoms with E-state index in [1.54, 1.807) is 25.7 Å². The third-order valence-corrected chi connectivity index (χ3v) is 5.40. The van der Waals surface area contributed by atoms with Gasteiger partial charge in [-0.25, -0.2) is 17.5 Å². The van der Waals surface area contributed by atoms with Gasteiger partial charge in [0.2, 0.25) is 10.0 Å². The van der Waals surface area contributed by atoms with Crippen LogP contribution in [0.25, 0.3) is 0 Å². The van der Waals surface area contributed by atoms with E-state index in [-0.39, 0.29) is 23.3 Å². The number of nitrogens with one attached hydrogen (secondary N) is 2. The lowest BCUT2D eigenvalue weighted by atomic mass is 10.1. The maximum Gasteiger partial charge on any atom is 0.240 e. The van der Waals surface area contributed by atoms with E-state index in [2.05, 4.69) is 10.0 Å². The van der Waals surface area contributed by atoms with Gasteiger partial charge in [0.15, 0.2) is 0 Å². The quantitative estimate of drug-likeness (QED) is 0.766. The highest BCUT2D eigenvalue weighted by atomic mass is 32.2. The molecule has 120 valence electrons. The van der Waals surface area contributed by atoms with Crippen molar-refractivity contribution in [3.63, 3.8) is 0 Å². The first-order chi connectivity index (χ1) is 9.85. The van der Waals surface area contributed by atoms with E-state index in [1.165, 1.54) is 12.1 Å². The van der Waals surface area contributed by atoms with Crippen LogP contribution in [0.1, 0.15) is 24.5 Å². The van der Waals surface area contributed by atoms with Gasteiger partial charge in [-0.2, -0.15) is 11.8 Å². The first-order valence-electron chi connectivity index (χ1n) is 6.80. The van der Waals surface area contributed by atoms with Crippen LogP contribution in [0.15, 0.2) is 17.0 Å². The summed E-state index contributed by atoms with van der Waals surface area (Å²) in [4.78, 5) is 0.117. The molecule has 21 heavy (non-hydrogen) atoms. The van der Waals surface area contributed by atoms with E-state index in [1.807, 2.05) is 13.2 Å². The molecule has 0 aliphatic rings. The number of benzene rings is 1. The zero-order valence-corrected chi connectivity index (χ0v) is 14.5. The number of thioether (sulfide) groups is 1. The fraction of sp³-hybridized carbons (Fsp3) is 0.571. The molecule has 1 unspecified atom stereocenters. The summed E-state index contributed by atoms with van der Waals surface area (Å²) in [5.74, 6) is 0.346. The average molecular weight is 334 g/mol. The van der Waals surface area contributed by atoms with E-state index >= 15 is 0 Å². The van der Waals surface area contributed by atoms with Gasteiger partial charge < -0.3 is 5.32 Å². The van der Waals surface area contributed by atoms with Gasteiger partial charge in [0, 0.05) is 23.9 Å². The second-order valence-corrected chi connectivity index (χ2v) is 7.55. The molecule has 0 saturated carbocycles. The van der Waals surface area contributed by atoms with Crippen LogP contribution < -0.4 is 10.0 Å². The number of aryl methyl sites for hydroxylation is 1. The molecule has 1 aromatic rings. The monoisotopic (exact) mass is 334 g/mol. The minimum Gasteiger partial charge on any atom is -0.316 e. The van der Waals surface area contributed by atoms with Gasteiger partial charge in [-0.3, -0.25) is 0 Å². The molecule has 0 fully saturated rings. The third-order valence-electron chi connectivity index (χ3n) is 3.16. The van der Waals surface area contributed by atoms with Crippen LogP contribution in [-0.2, 0) is 16.6 Å². The smallest absolute Gasteiger partial charge is 0.240 e. The zero-order chi connectivity index (χ0) is 16.0. The molecule has 0 heterocycles. The van der Waals surface area contributed by atoms with Crippen molar-refractivity contribution in [1.29, 1.82) is 0 Å². The molecule has 1 atom stereocenters. The lowest BCUT2D eigenvalue weighted by Gasteiger charge is -2.17. The highest BCUT2D eigenvalue weighted by Crippen LogP contribution is 2.20. The van der Waals surface area contributed by atoms with E-state index in [4.69, 9.17) is 0 Å². The van der Waals surface area contributed by atoms with Crippen molar-refractivity contribution in [2.75, 3.05) is 19.1 Å². The average Bonchev–Trinajstić information content (AvgIpc) is 2.43. The van der Waals surface area contributed by atoms with Gasteiger partial charge >= 0.3 is 0 Å². The molecule has 0 bridgehead atoms. The second kappa shape index (κ2) is 8.12. The predicted molar refractivity (Wildman–Crippen MR) is 86.7 cm³/mol. The van der Waals surface area contributed by atoms with Crippen LogP contribution in [0, 0.1) is 12.7 Å². The van der Waals surface area contributed by atoms with Crippen molar-refractivity contribution in [2.45, 2.75) is 37.8 Å². The van der Waals surface area contributed by atoms with Crippen LogP contribution in [-0.4, -0.2) is 33.5 Å². The van der Waals surface area contributed by atoms with Gasteiger partial charge in [-0.15, -0.1) is 0 Å². The largest absolute Gasteiger partial charge is 0.316 e. The minimum absolute atomic E-state index is 0.117. The van der Waals surface area contributed by atoms with E-state index in [0.717, 1.165) is 0 Å². The maximum atomic E-state index is 13.9. The van der Waals surface area contributed by atoms with Crippen LogP contribution in [0.4, 0.5) is 4.39 Å². The fourth-order valence-corrected chi connectivity index (χ4v) is 4.29. The van der Waals surface area contributed by atoms with Crippen molar-refractivity contribution in [3.8, 4) is 0 Å². The van der Waals surface area contributed by atoms with E-state index in [9.17, 15) is 12.8 Å². The number of rotatable bonds is 8. The second-order valence-electron chi connectivity index (χ2n) is 4.93. The molecule has 1 aromatic carbocycles. The van der Waals surface area contributed by atoms with Gasteiger partial charge in [0.05, 0.1) is 4.90 Å². The summed E-state index contributed by atoms with van der Waals surface area (Å²) < 4.78 is 41.5. The summed E-state index contributed by atoms with van der Waals surface area (Å²) in [6.45, 7) is 3.80. The van der Waals surface area contributed by atoms with E-state index < -0.39 is 10.0 Å². The van der Waals surface area contributed by atoms with Crippen LogP contribution in [0.3, 0.4) is 0 Å². The molecule has 1 rings (SSSR count). The van der Waals surface area contributed by atoms with Crippen LogP contribution in [0.5, 0.6) is 0 Å². The lowest BCUT2D eigenvalue weighted by Crippen LogP contribution is -2.36. The molecule has 7 heteroatoms. The standard InChI is InChI=1S/C14H23FN2O2S2/c1-5-12(9-20-4)17-21(18,19)13-6-10(2)14(15)11(7-13)8-16-3/h6-7,12,16-17H,5,8-9H2,1-4H3. The summed E-state index contributed by atoms with van der Waals surface area (Å²) in [6, 6.07) is 2.65. The summed E-state index contributed by atoms with van der Waals surface area (Å²) in [5.41, 5.74) is 0.692. The molecule has 2 N–H and O–H groups in total. The fourth-order valence-electron chi connectivity index (χ4n) is 2.00. The number of halogens is 1. The Bertz CT molecular complexity index is 577. The molecule has 0 radical (unpaired) electrons. The Morgan fingerprint density at radius 2 is 2.05 bits per heavy atom. The van der Waals surface area contributed by atoms with Crippen molar-refractivity contribution >= 4 is 21.8 Å². The van der Waals surface area contributed by atoms with Gasteiger partial charge in [-0.1, -0.05) is 6.92 Å². The van der Waals surface area contributed by atoms with Gasteiger partial charge in [-0.05, 0) is 44.3 Å². The van der Waals surface area contributed by atoms with Crippen molar-refractivity contribution < 1.29 is 12.8 Å². The Kier molecular flexibility index (Phi) is 7.12. The Balaban J connectivity index is 3.13. The molecule has 0 aliphatic heterocycles. The van der Waals surface area contributed by atoms with Crippen LogP contribution in [0.2, 0.25) is 0 Å². The Labute approximate surface area is 131 Å². The molecule has 0 aliphatic carbocycles. The van der Waals surface area contributed by atoms with Crippen LogP contribution >= 0.6 is 11.8 Å². The first-order valence-corrected chi connectivity index (χ1v) is 9.68. The van der Waals surface area contributed by atoms with E-state index in [0.29, 0.717) is 23.3 Å². The number of sulfonamides is 1. The normalized spacial score (nSPS) is 13.4. The first kappa shape index (κ1) is 18.4. The maximum absolute atomic E-state index is 13.9. The molecule has 0 amide bonds. The highest BCUT2D eigenvalue weighted by Gasteiger charge is 2.21. The zero-order valence-electron chi connectivity index (χ0n) is 12.9. The van der Waals surface area contributed by atoms with Crippen molar-refractivity contribution in [2.24, 2.45) is 0 Å². The molecule has 0 saturated heterocycles. The van der Waals surface area contributed by atoms with Gasteiger partial charge in [0.25, 0.3) is 0 Å². The number of hydrogen-bond donors (Lipinski definition) is 2. The Morgan fingerprint density at radius 1 is 1.38 bits per heavy atom. The SMILES string of the molecule is CCC(CSC)NS(=O)(=O)c1cc(C)c(F)c(CNC)c1. The predicted octanol–water partition coefficient (Wildman–Crippen LogP) is 2.27. The van der Waals surface area contributed by atoms with Gasteiger partial charge in [0.1, 0.15) is 5.82 Å². The van der Waals surface area contributed by atoms with Crippen molar-refractivity contribution in [3.05, 3.63) is 29.1 Å². The molecule has 0 aromatic heterocycles. The Morgan fingerprint density at radius 3 is 2.57 bits per heavy atom. The molecule has 0 spiro atoms. The topological polar surface area (TPSA) is 58.2 Å². The molecular weight excluding hydrogens is 311 g/mol. The molecule has 4 nitrogen and oxygen atoms in total. The lowest BCUT2D eigenvalue weighted by molar-refractivity contribution is 0.556. The third kappa shape index (κ3) is 4.95. The van der Waals surface area contributed by atoms with Crippen molar-refractivity contribution in [1.82, 2.24) is 10.0 Å². The summed E-state index contributed by atoms with van der Waals surface area (Å²) >= 11 is 1.59. The summed E-state index contributed by atoms with van der Waals surface area (Å²) in [7, 11) is -1.94.